The number of benzene rings is 3. The Labute approximate surface area is 240 Å². The lowest BCUT2D eigenvalue weighted by Gasteiger charge is -2.10. The molecule has 1 aromatic heterocycles. The normalized spacial score (nSPS) is 11.6. The summed E-state index contributed by atoms with van der Waals surface area (Å²) in [4.78, 5) is 13.0. The average molecular weight is 543 g/mol. The fraction of sp³-hybridized carbons (Fsp3) is 0.486. The summed E-state index contributed by atoms with van der Waals surface area (Å²) in [6.07, 6.45) is 19.3. The highest BCUT2D eigenvalue weighted by Gasteiger charge is 2.15. The molecule has 3 aromatic carbocycles. The van der Waals surface area contributed by atoms with E-state index in [9.17, 15) is 4.79 Å². The zero-order chi connectivity index (χ0) is 28.2. The Morgan fingerprint density at radius 2 is 1.12 bits per heavy atom. The molecule has 4 aromatic rings. The summed E-state index contributed by atoms with van der Waals surface area (Å²) in [5, 5.41) is 1.90. The Balaban J connectivity index is 1.42. The van der Waals surface area contributed by atoms with Crippen LogP contribution in [0.25, 0.3) is 32.9 Å². The van der Waals surface area contributed by atoms with Gasteiger partial charge < -0.3 is 4.42 Å². The van der Waals surface area contributed by atoms with E-state index in [0.717, 1.165) is 35.8 Å². The van der Waals surface area contributed by atoms with Crippen LogP contribution < -0.4 is 5.63 Å². The molecule has 0 N–H and O–H groups in total. The van der Waals surface area contributed by atoms with E-state index in [2.05, 4.69) is 38.1 Å². The van der Waals surface area contributed by atoms with Gasteiger partial charge in [-0.1, -0.05) is 139 Å². The number of fused-ring (bicyclic) bond motifs is 3. The Hall–Kier alpha value is -2.94. The Morgan fingerprint density at radius 3 is 1.77 bits per heavy atom. The van der Waals surface area contributed by atoms with E-state index < -0.39 is 5.63 Å². The molecule has 0 saturated heterocycles. The van der Waals surface area contributed by atoms with E-state index in [0.29, 0.717) is 22.8 Å². The largest absolute Gasteiger partial charge is 0.419 e. The summed E-state index contributed by atoms with van der Waals surface area (Å²) in [6.45, 7) is 4.48. The van der Waals surface area contributed by atoms with Gasteiger partial charge >= 0.3 is 5.63 Å². The minimum Gasteiger partial charge on any atom is -0.419 e. The molecule has 0 fully saturated rings. The lowest BCUT2D eigenvalue weighted by Crippen LogP contribution is -2.03. The maximum atomic E-state index is 15.4. The highest BCUT2D eigenvalue weighted by atomic mass is 19.1. The zero-order valence-electron chi connectivity index (χ0n) is 24.7. The van der Waals surface area contributed by atoms with E-state index in [1.54, 1.807) is 0 Å². The van der Waals surface area contributed by atoms with Crippen LogP contribution >= 0.6 is 0 Å². The van der Waals surface area contributed by atoms with E-state index >= 15 is 4.39 Å². The van der Waals surface area contributed by atoms with Gasteiger partial charge in [-0.25, -0.2) is 9.18 Å². The van der Waals surface area contributed by atoms with Crippen molar-refractivity contribution < 1.29 is 8.81 Å². The summed E-state index contributed by atoms with van der Waals surface area (Å²) < 4.78 is 21.0. The molecule has 4 rings (SSSR count). The van der Waals surface area contributed by atoms with Crippen LogP contribution in [0.1, 0.15) is 115 Å². The van der Waals surface area contributed by atoms with Gasteiger partial charge in [0.25, 0.3) is 0 Å². The lowest BCUT2D eigenvalue weighted by molar-refractivity contribution is 0.520. The van der Waals surface area contributed by atoms with Crippen LogP contribution in [-0.2, 0) is 12.8 Å². The fourth-order valence-electron chi connectivity index (χ4n) is 5.80. The predicted octanol–water partition coefficient (Wildman–Crippen LogP) is 11.3. The fourth-order valence-corrected chi connectivity index (χ4v) is 5.80. The van der Waals surface area contributed by atoms with Crippen molar-refractivity contribution in [3.63, 3.8) is 0 Å². The van der Waals surface area contributed by atoms with Crippen molar-refractivity contribution in [1.29, 1.82) is 0 Å². The van der Waals surface area contributed by atoms with E-state index in [1.165, 1.54) is 82.6 Å². The van der Waals surface area contributed by atoms with Crippen LogP contribution in [0.5, 0.6) is 0 Å². The highest BCUT2D eigenvalue weighted by molar-refractivity contribution is 6.05. The van der Waals surface area contributed by atoms with Crippen molar-refractivity contribution in [2.45, 2.75) is 117 Å². The van der Waals surface area contributed by atoms with Crippen LogP contribution in [-0.4, -0.2) is 0 Å². The number of hydrogen-bond donors (Lipinski definition) is 0. The minimum atomic E-state index is -0.479. The lowest BCUT2D eigenvalue weighted by atomic mass is 9.97. The summed E-state index contributed by atoms with van der Waals surface area (Å²) in [6, 6.07) is 18.3. The molecule has 0 amide bonds. The smallest absolute Gasteiger partial charge is 0.344 e. The average Bonchev–Trinajstić information content (AvgIpc) is 2.98. The third-order valence-corrected chi connectivity index (χ3v) is 8.31. The molecule has 40 heavy (non-hydrogen) atoms. The number of rotatable bonds is 17. The van der Waals surface area contributed by atoms with Crippen LogP contribution in [0, 0.1) is 5.82 Å². The first-order chi connectivity index (χ1) is 19.6. The van der Waals surface area contributed by atoms with Gasteiger partial charge in [0.1, 0.15) is 0 Å². The van der Waals surface area contributed by atoms with Crippen LogP contribution in [0.3, 0.4) is 0 Å². The summed E-state index contributed by atoms with van der Waals surface area (Å²) in [7, 11) is 0. The van der Waals surface area contributed by atoms with Gasteiger partial charge in [-0.15, -0.1) is 0 Å². The molecule has 1 heterocycles. The van der Waals surface area contributed by atoms with Crippen molar-refractivity contribution in [2.24, 2.45) is 0 Å². The first-order valence-electron chi connectivity index (χ1n) is 15.9. The third kappa shape index (κ3) is 8.05. The Kier molecular flexibility index (Phi) is 11.8. The standard InChI is InChI=1S/C37H47FO2/c1-3-5-7-9-11-12-14-16-18-30-23-26-33-32-25-24-31(27-34(32)37(39)40-36(33)35(30)38)29-21-19-28(20-22-29)17-15-13-10-8-6-4-2/h19-27H,3-18H2,1-2H3. The molecule has 0 aliphatic carbocycles. The first kappa shape index (κ1) is 30.0. The first-order valence-corrected chi connectivity index (χ1v) is 15.9. The number of aryl methyl sites for hydroxylation is 2. The van der Waals surface area contributed by atoms with Gasteiger partial charge in [0.05, 0.1) is 5.39 Å². The Bertz CT molecular complexity index is 1400. The highest BCUT2D eigenvalue weighted by Crippen LogP contribution is 2.31. The van der Waals surface area contributed by atoms with Crippen LogP contribution in [0.15, 0.2) is 63.8 Å². The maximum absolute atomic E-state index is 15.4. The maximum Gasteiger partial charge on any atom is 0.344 e. The topological polar surface area (TPSA) is 30.2 Å². The monoisotopic (exact) mass is 542 g/mol. The number of hydrogen-bond acceptors (Lipinski definition) is 2. The van der Waals surface area contributed by atoms with E-state index in [4.69, 9.17) is 4.42 Å². The van der Waals surface area contributed by atoms with Gasteiger partial charge in [-0.05, 0) is 54.0 Å². The van der Waals surface area contributed by atoms with Crippen LogP contribution in [0.2, 0.25) is 0 Å². The summed E-state index contributed by atoms with van der Waals surface area (Å²) >= 11 is 0. The van der Waals surface area contributed by atoms with Crippen molar-refractivity contribution in [3.05, 3.63) is 82.0 Å². The SMILES string of the molecule is CCCCCCCCCCc1ccc2c(oc(=O)c3cc(-c4ccc(CCCCCCCC)cc4)ccc32)c1F. The molecule has 0 bridgehead atoms. The molecule has 2 nitrogen and oxygen atoms in total. The molecule has 0 aliphatic rings. The minimum absolute atomic E-state index is 0.0846. The molecule has 0 spiro atoms. The summed E-state index contributed by atoms with van der Waals surface area (Å²) in [5.74, 6) is -0.385. The molecule has 0 unspecified atom stereocenters. The number of halogens is 1. The van der Waals surface area contributed by atoms with E-state index in [-0.39, 0.29) is 11.4 Å². The molecule has 0 aliphatic heterocycles. The van der Waals surface area contributed by atoms with Gasteiger partial charge in [-0.3, -0.25) is 0 Å². The molecule has 214 valence electrons. The zero-order valence-corrected chi connectivity index (χ0v) is 24.7. The predicted molar refractivity (Wildman–Crippen MR) is 169 cm³/mol. The summed E-state index contributed by atoms with van der Waals surface area (Å²) in [5.41, 5.74) is 3.63. The number of unbranched alkanes of at least 4 members (excludes halogenated alkanes) is 12. The molecular weight excluding hydrogens is 495 g/mol. The van der Waals surface area contributed by atoms with Gasteiger partial charge in [-0.2, -0.15) is 0 Å². The molecule has 3 heteroatoms. The van der Waals surface area contributed by atoms with Gasteiger partial charge in [0.2, 0.25) is 0 Å². The second kappa shape index (κ2) is 15.7. The molecular formula is C37H47FO2. The molecule has 0 saturated carbocycles. The molecule has 0 atom stereocenters. The van der Waals surface area contributed by atoms with E-state index in [1.807, 2.05) is 30.3 Å². The quantitative estimate of drug-likeness (QED) is 0.0754. The van der Waals surface area contributed by atoms with Crippen molar-refractivity contribution in [3.8, 4) is 11.1 Å². The molecule has 0 radical (unpaired) electrons. The second-order valence-electron chi connectivity index (χ2n) is 11.5. The van der Waals surface area contributed by atoms with Crippen molar-refractivity contribution in [1.82, 2.24) is 0 Å². The second-order valence-corrected chi connectivity index (χ2v) is 11.5. The Morgan fingerprint density at radius 1 is 0.575 bits per heavy atom. The van der Waals surface area contributed by atoms with Gasteiger partial charge in [0.15, 0.2) is 11.4 Å². The van der Waals surface area contributed by atoms with Gasteiger partial charge in [0, 0.05) is 10.8 Å². The third-order valence-electron chi connectivity index (χ3n) is 8.31. The van der Waals surface area contributed by atoms with Crippen molar-refractivity contribution >= 4 is 21.7 Å². The van der Waals surface area contributed by atoms with Crippen LogP contribution in [0.4, 0.5) is 4.39 Å². The van der Waals surface area contributed by atoms with Crippen molar-refractivity contribution in [2.75, 3.05) is 0 Å².